The molecule has 0 aliphatic rings. The summed E-state index contributed by atoms with van der Waals surface area (Å²) in [5.74, 6) is 0.532. The van der Waals surface area contributed by atoms with Gasteiger partial charge in [0.05, 0.1) is 5.56 Å². The van der Waals surface area contributed by atoms with Crippen molar-refractivity contribution in [1.29, 1.82) is 0 Å². The van der Waals surface area contributed by atoms with Gasteiger partial charge < -0.3 is 15.2 Å². The zero-order chi connectivity index (χ0) is 24.4. The minimum atomic E-state index is -0.667. The summed E-state index contributed by atoms with van der Waals surface area (Å²) in [6.07, 6.45) is 0.0111. The molecule has 35 heavy (non-hydrogen) atoms. The highest BCUT2D eigenvalue weighted by molar-refractivity contribution is 6.11. The third kappa shape index (κ3) is 4.40. The first-order valence-electron chi connectivity index (χ1n) is 11.3. The molecule has 6 nitrogen and oxygen atoms in total. The van der Waals surface area contributed by atoms with Crippen molar-refractivity contribution in [3.8, 4) is 22.6 Å². The maximum atomic E-state index is 11.8. The second-order valence-corrected chi connectivity index (χ2v) is 8.35. The highest BCUT2D eigenvalue weighted by atomic mass is 16.5. The molecule has 5 aromatic carbocycles. The fourth-order valence-corrected chi connectivity index (χ4v) is 4.44. The SMILES string of the molecule is NC(N)Nc1cccc(COc2ccc3ccccc3c2-c2c(O)c(C=O)cc3ccccc23)c1. The van der Waals surface area contributed by atoms with Gasteiger partial charge in [0, 0.05) is 16.8 Å². The van der Waals surface area contributed by atoms with E-state index in [0.717, 1.165) is 38.4 Å². The number of fused-ring (bicyclic) bond motifs is 2. The van der Waals surface area contributed by atoms with E-state index in [1.807, 2.05) is 84.9 Å². The lowest BCUT2D eigenvalue weighted by molar-refractivity contribution is 0.112. The van der Waals surface area contributed by atoms with Crippen LogP contribution in [0.3, 0.4) is 0 Å². The zero-order valence-corrected chi connectivity index (χ0v) is 18.9. The van der Waals surface area contributed by atoms with Crippen molar-refractivity contribution < 1.29 is 14.6 Å². The van der Waals surface area contributed by atoms with E-state index in [9.17, 15) is 9.90 Å². The number of carbonyl (C=O) groups is 1. The normalized spacial score (nSPS) is 11.2. The molecule has 0 radical (unpaired) electrons. The quantitative estimate of drug-likeness (QED) is 0.191. The fourth-order valence-electron chi connectivity index (χ4n) is 4.44. The van der Waals surface area contributed by atoms with Crippen molar-refractivity contribution in [2.24, 2.45) is 11.5 Å². The minimum Gasteiger partial charge on any atom is -0.507 e. The predicted molar refractivity (Wildman–Crippen MR) is 141 cm³/mol. The Morgan fingerprint density at radius 3 is 2.29 bits per heavy atom. The molecule has 5 aromatic rings. The number of anilines is 1. The van der Waals surface area contributed by atoms with Crippen LogP contribution >= 0.6 is 0 Å². The summed E-state index contributed by atoms with van der Waals surface area (Å²) in [6.45, 7) is 0.284. The second-order valence-electron chi connectivity index (χ2n) is 8.35. The molecule has 0 aromatic heterocycles. The average molecular weight is 464 g/mol. The lowest BCUT2D eigenvalue weighted by Gasteiger charge is -2.19. The molecule has 0 atom stereocenters. The lowest BCUT2D eigenvalue weighted by atomic mass is 9.90. The number of nitrogens with two attached hydrogens (primary N) is 2. The van der Waals surface area contributed by atoms with Gasteiger partial charge in [-0.25, -0.2) is 0 Å². The first-order chi connectivity index (χ1) is 17.0. The number of phenolic OH excluding ortho intramolecular Hbond substituents is 1. The van der Waals surface area contributed by atoms with Gasteiger partial charge in [-0.3, -0.25) is 16.3 Å². The smallest absolute Gasteiger partial charge is 0.153 e. The van der Waals surface area contributed by atoms with Crippen molar-refractivity contribution in [2.75, 3.05) is 5.32 Å². The molecule has 6 N–H and O–H groups in total. The van der Waals surface area contributed by atoms with Crippen LogP contribution in [0.2, 0.25) is 0 Å². The molecular formula is C29H25N3O3. The maximum absolute atomic E-state index is 11.8. The second kappa shape index (κ2) is 9.46. The van der Waals surface area contributed by atoms with Gasteiger partial charge in [0.1, 0.15) is 24.4 Å². The van der Waals surface area contributed by atoms with E-state index >= 15 is 0 Å². The third-order valence-electron chi connectivity index (χ3n) is 5.97. The predicted octanol–water partition coefficient (Wildman–Crippen LogP) is 5.37. The summed E-state index contributed by atoms with van der Waals surface area (Å²) < 4.78 is 6.33. The van der Waals surface area contributed by atoms with Gasteiger partial charge in [-0.1, -0.05) is 66.7 Å². The largest absolute Gasteiger partial charge is 0.507 e. The van der Waals surface area contributed by atoms with Gasteiger partial charge in [-0.2, -0.15) is 0 Å². The zero-order valence-electron chi connectivity index (χ0n) is 18.9. The van der Waals surface area contributed by atoms with Crippen LogP contribution in [0.1, 0.15) is 15.9 Å². The van der Waals surface area contributed by atoms with E-state index in [4.69, 9.17) is 16.2 Å². The molecule has 0 saturated carbocycles. The van der Waals surface area contributed by atoms with Gasteiger partial charge >= 0.3 is 0 Å². The topological polar surface area (TPSA) is 111 Å². The first kappa shape index (κ1) is 22.4. The van der Waals surface area contributed by atoms with E-state index in [0.29, 0.717) is 17.6 Å². The molecule has 0 spiro atoms. The molecule has 5 rings (SSSR count). The molecule has 174 valence electrons. The van der Waals surface area contributed by atoms with Crippen molar-refractivity contribution in [3.05, 3.63) is 102 Å². The standard InChI is InChI=1S/C29H25N3O3/c30-29(31)32-22-9-5-6-18(14-22)17-35-25-13-12-19-7-1-3-10-23(19)26(25)27-24-11-4-2-8-20(24)15-21(16-33)28(27)34/h1-16,29,32,34H,17,30-31H2. The van der Waals surface area contributed by atoms with Crippen molar-refractivity contribution in [1.82, 2.24) is 0 Å². The molecule has 6 heteroatoms. The van der Waals surface area contributed by atoms with E-state index in [1.165, 1.54) is 0 Å². The summed E-state index contributed by atoms with van der Waals surface area (Å²) in [5, 5.41) is 17.8. The average Bonchev–Trinajstić information content (AvgIpc) is 2.87. The number of aldehydes is 1. The molecular weight excluding hydrogens is 438 g/mol. The number of aromatic hydroxyl groups is 1. The number of ether oxygens (including phenoxy) is 1. The monoisotopic (exact) mass is 463 g/mol. The van der Waals surface area contributed by atoms with Crippen LogP contribution in [0.5, 0.6) is 11.5 Å². The summed E-state index contributed by atoms with van der Waals surface area (Å²) in [4.78, 5) is 11.8. The number of hydrogen-bond donors (Lipinski definition) is 4. The number of phenols is 1. The molecule has 0 saturated heterocycles. The molecule has 0 unspecified atom stereocenters. The Morgan fingerprint density at radius 1 is 0.829 bits per heavy atom. The molecule has 0 fully saturated rings. The van der Waals surface area contributed by atoms with E-state index < -0.39 is 6.29 Å². The van der Waals surface area contributed by atoms with Crippen LogP contribution in [0, 0.1) is 0 Å². The van der Waals surface area contributed by atoms with Gasteiger partial charge in [-0.05, 0) is 51.4 Å². The van der Waals surface area contributed by atoms with Crippen molar-refractivity contribution in [3.63, 3.8) is 0 Å². The Hall–Kier alpha value is -4.39. The highest BCUT2D eigenvalue weighted by Gasteiger charge is 2.20. The Kier molecular flexibility index (Phi) is 6.06. The Morgan fingerprint density at radius 2 is 1.54 bits per heavy atom. The van der Waals surface area contributed by atoms with E-state index in [1.54, 1.807) is 6.07 Å². The number of carbonyl (C=O) groups excluding carboxylic acids is 1. The molecule has 0 heterocycles. The van der Waals surface area contributed by atoms with Crippen LogP contribution < -0.4 is 21.5 Å². The van der Waals surface area contributed by atoms with E-state index in [2.05, 4.69) is 5.32 Å². The summed E-state index contributed by atoms with van der Waals surface area (Å²) in [7, 11) is 0. The highest BCUT2D eigenvalue weighted by Crippen LogP contribution is 2.46. The van der Waals surface area contributed by atoms with Gasteiger partial charge in [-0.15, -0.1) is 0 Å². The Bertz CT molecular complexity index is 1550. The number of hydrogen-bond acceptors (Lipinski definition) is 6. The van der Waals surface area contributed by atoms with Crippen LogP contribution in [-0.4, -0.2) is 17.7 Å². The Labute approximate surface area is 202 Å². The number of nitrogens with one attached hydrogen (secondary N) is 1. The number of benzene rings is 5. The van der Waals surface area contributed by atoms with Crippen LogP contribution in [-0.2, 0) is 6.61 Å². The summed E-state index contributed by atoms with van der Waals surface area (Å²) in [5.41, 5.74) is 14.5. The van der Waals surface area contributed by atoms with Gasteiger partial charge in [0.2, 0.25) is 0 Å². The maximum Gasteiger partial charge on any atom is 0.153 e. The summed E-state index contributed by atoms with van der Waals surface area (Å²) in [6, 6.07) is 28.9. The summed E-state index contributed by atoms with van der Waals surface area (Å²) >= 11 is 0. The first-order valence-corrected chi connectivity index (χ1v) is 11.3. The third-order valence-corrected chi connectivity index (χ3v) is 5.97. The van der Waals surface area contributed by atoms with E-state index in [-0.39, 0.29) is 17.9 Å². The van der Waals surface area contributed by atoms with Gasteiger partial charge in [0.25, 0.3) is 0 Å². The molecule has 0 bridgehead atoms. The number of rotatable bonds is 7. The van der Waals surface area contributed by atoms with Crippen molar-refractivity contribution in [2.45, 2.75) is 12.9 Å². The fraction of sp³-hybridized carbons (Fsp3) is 0.0690. The van der Waals surface area contributed by atoms with Crippen LogP contribution in [0.25, 0.3) is 32.7 Å². The molecule has 0 amide bonds. The van der Waals surface area contributed by atoms with Gasteiger partial charge in [0.15, 0.2) is 6.29 Å². The lowest BCUT2D eigenvalue weighted by Crippen LogP contribution is -2.38. The van der Waals surface area contributed by atoms with Crippen LogP contribution in [0.4, 0.5) is 5.69 Å². The molecule has 0 aliphatic carbocycles. The minimum absolute atomic E-state index is 0.0666. The molecule has 0 aliphatic heterocycles. The van der Waals surface area contributed by atoms with Crippen molar-refractivity contribution >= 4 is 33.5 Å². The Balaban J connectivity index is 1.67. The van der Waals surface area contributed by atoms with Crippen LogP contribution in [0.15, 0.2) is 91.0 Å².